The first-order valence-electron chi connectivity index (χ1n) is 7.32. The molecule has 1 aromatic rings. The van der Waals surface area contributed by atoms with Crippen LogP contribution in [0.2, 0.25) is 0 Å². The molecular formula is C16H24N2O4. The van der Waals surface area contributed by atoms with E-state index >= 15 is 0 Å². The van der Waals surface area contributed by atoms with E-state index in [1.165, 1.54) is 0 Å². The quantitative estimate of drug-likeness (QED) is 0.559. The van der Waals surface area contributed by atoms with Crippen molar-refractivity contribution in [1.82, 2.24) is 5.32 Å². The number of hydrogen-bond donors (Lipinski definition) is 4. The van der Waals surface area contributed by atoms with Crippen LogP contribution >= 0.6 is 0 Å². The van der Waals surface area contributed by atoms with Crippen LogP contribution in [0.15, 0.2) is 30.3 Å². The number of carboxylic acids is 1. The van der Waals surface area contributed by atoms with Crippen LogP contribution in [0.5, 0.6) is 0 Å². The lowest BCUT2D eigenvalue weighted by atomic mass is 10.00. The molecular weight excluding hydrogens is 284 g/mol. The van der Waals surface area contributed by atoms with Crippen molar-refractivity contribution in [2.75, 3.05) is 0 Å². The standard InChI is InChI=1S/C16H24N2O4/c1-10(2)8-13(16(21)22)18-15(20)14(19)12(17)9-11-6-4-3-5-7-11/h3-7,10,12-14,19H,8-9,17H2,1-2H3,(H,18,20)(H,21,22)/t12?,13-,14?/m0/s1. The first kappa shape index (κ1) is 18.1. The van der Waals surface area contributed by atoms with Crippen LogP contribution in [-0.2, 0) is 16.0 Å². The molecule has 0 fully saturated rings. The van der Waals surface area contributed by atoms with Crippen molar-refractivity contribution in [2.24, 2.45) is 11.7 Å². The van der Waals surface area contributed by atoms with E-state index in [1.54, 1.807) is 0 Å². The molecule has 1 aromatic carbocycles. The van der Waals surface area contributed by atoms with Crippen molar-refractivity contribution in [3.05, 3.63) is 35.9 Å². The molecule has 2 unspecified atom stereocenters. The van der Waals surface area contributed by atoms with Gasteiger partial charge in [0, 0.05) is 6.04 Å². The molecule has 0 aliphatic carbocycles. The zero-order chi connectivity index (χ0) is 16.7. The number of amides is 1. The summed E-state index contributed by atoms with van der Waals surface area (Å²) in [5.74, 6) is -1.76. The molecule has 0 heterocycles. The molecule has 22 heavy (non-hydrogen) atoms. The van der Waals surface area contributed by atoms with Gasteiger partial charge in [-0.2, -0.15) is 0 Å². The number of aliphatic hydroxyl groups is 1. The van der Waals surface area contributed by atoms with Gasteiger partial charge in [0.15, 0.2) is 0 Å². The third-order valence-electron chi connectivity index (χ3n) is 3.31. The topological polar surface area (TPSA) is 113 Å². The number of carbonyl (C=O) groups excluding carboxylic acids is 1. The minimum atomic E-state index is -1.45. The van der Waals surface area contributed by atoms with Gasteiger partial charge in [-0.25, -0.2) is 4.79 Å². The zero-order valence-corrected chi connectivity index (χ0v) is 12.9. The lowest BCUT2D eigenvalue weighted by Gasteiger charge is -2.22. The van der Waals surface area contributed by atoms with Crippen molar-refractivity contribution in [3.8, 4) is 0 Å². The molecule has 0 aliphatic heterocycles. The highest BCUT2D eigenvalue weighted by molar-refractivity contribution is 5.86. The SMILES string of the molecule is CC(C)C[C@H](NC(=O)C(O)C(N)Cc1ccccc1)C(=O)O. The third kappa shape index (κ3) is 5.83. The van der Waals surface area contributed by atoms with Crippen LogP contribution in [0.4, 0.5) is 0 Å². The molecule has 6 nitrogen and oxygen atoms in total. The minimum absolute atomic E-state index is 0.108. The fourth-order valence-corrected chi connectivity index (χ4v) is 2.14. The summed E-state index contributed by atoms with van der Waals surface area (Å²) >= 11 is 0. The third-order valence-corrected chi connectivity index (χ3v) is 3.31. The van der Waals surface area contributed by atoms with Gasteiger partial charge in [-0.1, -0.05) is 44.2 Å². The van der Waals surface area contributed by atoms with Crippen molar-refractivity contribution in [2.45, 2.75) is 44.9 Å². The second-order valence-electron chi connectivity index (χ2n) is 5.83. The monoisotopic (exact) mass is 308 g/mol. The Kier molecular flexibility index (Phi) is 7.01. The molecule has 0 spiro atoms. The van der Waals surface area contributed by atoms with Gasteiger partial charge >= 0.3 is 5.97 Å². The number of benzene rings is 1. The summed E-state index contributed by atoms with van der Waals surface area (Å²) in [6, 6.07) is 7.44. The van der Waals surface area contributed by atoms with Crippen LogP contribution in [0.1, 0.15) is 25.8 Å². The predicted molar refractivity (Wildman–Crippen MR) is 83.1 cm³/mol. The van der Waals surface area contributed by atoms with E-state index in [-0.39, 0.29) is 5.92 Å². The molecule has 0 aromatic heterocycles. The number of aliphatic carboxylic acids is 1. The van der Waals surface area contributed by atoms with Gasteiger partial charge in [0.2, 0.25) is 0 Å². The van der Waals surface area contributed by atoms with Gasteiger partial charge in [0.05, 0.1) is 0 Å². The summed E-state index contributed by atoms with van der Waals surface area (Å²) < 4.78 is 0. The maximum absolute atomic E-state index is 12.0. The minimum Gasteiger partial charge on any atom is -0.480 e. The molecule has 6 heteroatoms. The number of aliphatic hydroxyl groups excluding tert-OH is 1. The number of nitrogens with two attached hydrogens (primary N) is 1. The van der Waals surface area contributed by atoms with Crippen LogP contribution in [0, 0.1) is 5.92 Å². The fourth-order valence-electron chi connectivity index (χ4n) is 2.14. The summed E-state index contributed by atoms with van der Waals surface area (Å²) in [5.41, 5.74) is 6.75. The number of carboxylic acid groups (broad SMARTS) is 1. The van der Waals surface area contributed by atoms with Crippen molar-refractivity contribution >= 4 is 11.9 Å². The smallest absolute Gasteiger partial charge is 0.326 e. The highest BCUT2D eigenvalue weighted by Crippen LogP contribution is 2.08. The zero-order valence-electron chi connectivity index (χ0n) is 12.9. The maximum Gasteiger partial charge on any atom is 0.326 e. The number of nitrogens with one attached hydrogen (secondary N) is 1. The normalized spacial score (nSPS) is 15.1. The lowest BCUT2D eigenvalue weighted by Crippen LogP contribution is -2.52. The first-order chi connectivity index (χ1) is 10.3. The van der Waals surface area contributed by atoms with E-state index in [0.29, 0.717) is 12.8 Å². The van der Waals surface area contributed by atoms with E-state index < -0.39 is 30.1 Å². The summed E-state index contributed by atoms with van der Waals surface area (Å²) in [5, 5.41) is 21.4. The van der Waals surface area contributed by atoms with Gasteiger partial charge in [-0.05, 0) is 24.3 Å². The second-order valence-corrected chi connectivity index (χ2v) is 5.83. The molecule has 0 aliphatic rings. The molecule has 122 valence electrons. The van der Waals surface area contributed by atoms with Gasteiger partial charge in [0.25, 0.3) is 5.91 Å². The number of rotatable bonds is 8. The summed E-state index contributed by atoms with van der Waals surface area (Å²) in [7, 11) is 0. The van der Waals surface area contributed by atoms with Gasteiger partial charge in [-0.15, -0.1) is 0 Å². The highest BCUT2D eigenvalue weighted by Gasteiger charge is 2.28. The molecule has 0 saturated heterocycles. The molecule has 1 rings (SSSR count). The molecule has 5 N–H and O–H groups in total. The van der Waals surface area contributed by atoms with Gasteiger partial charge in [0.1, 0.15) is 12.1 Å². The summed E-state index contributed by atoms with van der Waals surface area (Å²) in [4.78, 5) is 23.1. The average molecular weight is 308 g/mol. The van der Waals surface area contributed by atoms with Crippen LogP contribution in [-0.4, -0.2) is 40.3 Å². The Balaban J connectivity index is 2.61. The van der Waals surface area contributed by atoms with Crippen LogP contribution in [0.25, 0.3) is 0 Å². The molecule has 3 atom stereocenters. The van der Waals surface area contributed by atoms with Crippen LogP contribution in [0.3, 0.4) is 0 Å². The highest BCUT2D eigenvalue weighted by atomic mass is 16.4. The Bertz CT molecular complexity index is 490. The Morgan fingerprint density at radius 2 is 1.82 bits per heavy atom. The Morgan fingerprint density at radius 1 is 1.23 bits per heavy atom. The van der Waals surface area contributed by atoms with E-state index in [9.17, 15) is 14.7 Å². The molecule has 0 radical (unpaired) electrons. The number of hydrogen-bond acceptors (Lipinski definition) is 4. The largest absolute Gasteiger partial charge is 0.480 e. The predicted octanol–water partition coefficient (Wildman–Crippen LogP) is 0.533. The number of carbonyl (C=O) groups is 2. The van der Waals surface area contributed by atoms with Crippen molar-refractivity contribution in [1.29, 1.82) is 0 Å². The summed E-state index contributed by atoms with van der Waals surface area (Å²) in [6.45, 7) is 3.72. The molecule has 0 bridgehead atoms. The molecule has 1 amide bonds. The Hall–Kier alpha value is -1.92. The van der Waals surface area contributed by atoms with E-state index in [1.807, 2.05) is 44.2 Å². The average Bonchev–Trinajstić information content (AvgIpc) is 2.46. The first-order valence-corrected chi connectivity index (χ1v) is 7.32. The Morgan fingerprint density at radius 3 is 2.32 bits per heavy atom. The Labute approximate surface area is 130 Å². The molecule has 0 saturated carbocycles. The van der Waals surface area contributed by atoms with Crippen molar-refractivity contribution in [3.63, 3.8) is 0 Å². The van der Waals surface area contributed by atoms with E-state index in [2.05, 4.69) is 5.32 Å². The van der Waals surface area contributed by atoms with Gasteiger partial charge in [-0.3, -0.25) is 4.79 Å². The lowest BCUT2D eigenvalue weighted by molar-refractivity contribution is -0.144. The van der Waals surface area contributed by atoms with E-state index in [4.69, 9.17) is 10.8 Å². The second kappa shape index (κ2) is 8.51. The van der Waals surface area contributed by atoms with E-state index in [0.717, 1.165) is 5.56 Å². The summed E-state index contributed by atoms with van der Waals surface area (Å²) in [6.07, 6.45) is -0.826. The van der Waals surface area contributed by atoms with Crippen LogP contribution < -0.4 is 11.1 Å². The van der Waals surface area contributed by atoms with Crippen molar-refractivity contribution < 1.29 is 19.8 Å². The maximum atomic E-state index is 12.0. The fraction of sp³-hybridized carbons (Fsp3) is 0.500. The van der Waals surface area contributed by atoms with Gasteiger partial charge < -0.3 is 21.3 Å².